The van der Waals surface area contributed by atoms with Crippen LogP contribution in [-0.2, 0) is 14.4 Å². The van der Waals surface area contributed by atoms with Gasteiger partial charge < -0.3 is 21.3 Å². The first-order chi connectivity index (χ1) is 20.7. The maximum Gasteiger partial charge on any atom is 0.272 e. The highest BCUT2D eigenvalue weighted by molar-refractivity contribution is 8.00. The average molecular weight is 597 g/mol. The molecule has 0 saturated heterocycles. The van der Waals surface area contributed by atoms with E-state index in [0.717, 1.165) is 4.90 Å². The molecule has 4 N–H and O–H groups in total. The first-order valence-corrected chi connectivity index (χ1v) is 14.1. The molecule has 4 aromatic carbocycles. The number of amides is 4. The summed E-state index contributed by atoms with van der Waals surface area (Å²) in [6.07, 6.45) is 1.46. The quantitative estimate of drug-likeness (QED) is 0.126. The zero-order chi connectivity index (χ0) is 30.8. The maximum atomic E-state index is 13.4. The number of hydrogen-bond acceptors (Lipinski definition) is 5. The number of halogens is 1. The predicted molar refractivity (Wildman–Crippen MR) is 168 cm³/mol. The Hall–Kier alpha value is -5.22. The van der Waals surface area contributed by atoms with Crippen LogP contribution < -0.4 is 21.3 Å². The highest BCUT2D eigenvalue weighted by Gasteiger charge is 2.17. The molecule has 0 aliphatic rings. The molecule has 0 spiro atoms. The first-order valence-electron chi connectivity index (χ1n) is 13.3. The number of carbonyl (C=O) groups is 4. The average Bonchev–Trinajstić information content (AvgIpc) is 2.99. The molecule has 8 nitrogen and oxygen atoms in total. The fourth-order valence-electron chi connectivity index (χ4n) is 3.86. The van der Waals surface area contributed by atoms with Crippen molar-refractivity contribution in [1.29, 1.82) is 0 Å². The van der Waals surface area contributed by atoms with E-state index in [1.807, 2.05) is 6.07 Å². The van der Waals surface area contributed by atoms with E-state index in [1.165, 1.54) is 49.0 Å². The zero-order valence-corrected chi connectivity index (χ0v) is 24.2. The minimum atomic E-state index is -0.579. The molecule has 1 unspecified atom stereocenters. The van der Waals surface area contributed by atoms with Gasteiger partial charge in [-0.1, -0.05) is 36.4 Å². The van der Waals surface area contributed by atoms with Crippen LogP contribution in [0.3, 0.4) is 0 Å². The van der Waals surface area contributed by atoms with Crippen molar-refractivity contribution in [3.05, 3.63) is 126 Å². The van der Waals surface area contributed by atoms with Gasteiger partial charge in [0.1, 0.15) is 11.5 Å². The monoisotopic (exact) mass is 596 g/mol. The summed E-state index contributed by atoms with van der Waals surface area (Å²) in [6.45, 7) is 3.18. The summed E-state index contributed by atoms with van der Waals surface area (Å²) >= 11 is 1.30. The van der Waals surface area contributed by atoms with Crippen molar-refractivity contribution in [3.8, 4) is 0 Å². The molecule has 218 valence electrons. The Kier molecular flexibility index (Phi) is 10.4. The number of nitrogens with one attached hydrogen (secondary N) is 4. The Morgan fingerprint density at radius 1 is 0.744 bits per heavy atom. The van der Waals surface area contributed by atoms with Gasteiger partial charge in [-0.15, -0.1) is 11.8 Å². The minimum Gasteiger partial charge on any atom is -0.326 e. The van der Waals surface area contributed by atoms with Crippen LogP contribution in [0.4, 0.5) is 21.5 Å². The van der Waals surface area contributed by atoms with Gasteiger partial charge in [-0.2, -0.15) is 0 Å². The Bertz CT molecular complexity index is 1640. The molecule has 1 atom stereocenters. The lowest BCUT2D eigenvalue weighted by Gasteiger charge is -2.14. The number of rotatable bonds is 10. The molecule has 0 aliphatic carbocycles. The lowest BCUT2D eigenvalue weighted by molar-refractivity contribution is -0.115. The van der Waals surface area contributed by atoms with Crippen molar-refractivity contribution in [1.82, 2.24) is 5.32 Å². The van der Waals surface area contributed by atoms with E-state index in [4.69, 9.17) is 0 Å². The maximum absolute atomic E-state index is 13.4. The molecule has 0 aliphatic heterocycles. The van der Waals surface area contributed by atoms with Crippen LogP contribution >= 0.6 is 11.8 Å². The first kappa shape index (κ1) is 30.7. The third kappa shape index (κ3) is 9.40. The number of hydrogen-bond donors (Lipinski definition) is 4. The molecular formula is C33H29FN4O4S. The molecule has 0 heterocycles. The Labute approximate surface area is 252 Å². The Morgan fingerprint density at radius 3 is 2.05 bits per heavy atom. The van der Waals surface area contributed by atoms with E-state index in [2.05, 4.69) is 21.3 Å². The van der Waals surface area contributed by atoms with Crippen LogP contribution in [0.15, 0.2) is 114 Å². The van der Waals surface area contributed by atoms with Crippen LogP contribution in [0.5, 0.6) is 0 Å². The second-order valence-corrected chi connectivity index (χ2v) is 10.8. The number of anilines is 3. The van der Waals surface area contributed by atoms with Crippen molar-refractivity contribution >= 4 is 58.5 Å². The number of benzene rings is 4. The van der Waals surface area contributed by atoms with Crippen LogP contribution in [0, 0.1) is 5.82 Å². The second-order valence-electron chi connectivity index (χ2n) is 9.42. The van der Waals surface area contributed by atoms with E-state index >= 15 is 0 Å². The lowest BCUT2D eigenvalue weighted by atomic mass is 10.1. The fourth-order valence-corrected chi connectivity index (χ4v) is 4.78. The van der Waals surface area contributed by atoms with Crippen molar-refractivity contribution in [3.63, 3.8) is 0 Å². The van der Waals surface area contributed by atoms with Crippen LogP contribution in [-0.4, -0.2) is 28.9 Å². The molecule has 10 heteroatoms. The van der Waals surface area contributed by atoms with Gasteiger partial charge in [0, 0.05) is 34.4 Å². The molecule has 4 amide bonds. The van der Waals surface area contributed by atoms with Crippen molar-refractivity contribution in [2.75, 3.05) is 16.0 Å². The summed E-state index contributed by atoms with van der Waals surface area (Å²) < 4.78 is 13.4. The molecular weight excluding hydrogens is 567 g/mol. The van der Waals surface area contributed by atoms with Gasteiger partial charge in [0.05, 0.1) is 5.25 Å². The Morgan fingerprint density at radius 2 is 1.40 bits per heavy atom. The van der Waals surface area contributed by atoms with E-state index < -0.39 is 22.9 Å². The molecule has 0 radical (unpaired) electrons. The van der Waals surface area contributed by atoms with Gasteiger partial charge in [-0.3, -0.25) is 19.2 Å². The van der Waals surface area contributed by atoms with E-state index in [1.54, 1.807) is 79.7 Å². The van der Waals surface area contributed by atoms with Gasteiger partial charge in [-0.05, 0) is 85.3 Å². The van der Waals surface area contributed by atoms with Crippen LogP contribution in [0.1, 0.15) is 29.8 Å². The fraction of sp³-hybridized carbons (Fsp3) is 0.0909. The smallest absolute Gasteiger partial charge is 0.272 e. The molecule has 4 rings (SSSR count). The van der Waals surface area contributed by atoms with Gasteiger partial charge in [0.2, 0.25) is 11.8 Å². The molecule has 0 saturated carbocycles. The highest BCUT2D eigenvalue weighted by Crippen LogP contribution is 2.27. The number of thioether (sulfide) groups is 1. The minimum absolute atomic E-state index is 0.0317. The van der Waals surface area contributed by atoms with Gasteiger partial charge in [0.15, 0.2) is 0 Å². The largest absolute Gasteiger partial charge is 0.326 e. The van der Waals surface area contributed by atoms with E-state index in [0.29, 0.717) is 28.2 Å². The zero-order valence-electron chi connectivity index (χ0n) is 23.4. The summed E-state index contributed by atoms with van der Waals surface area (Å²) in [5.74, 6) is -1.88. The highest BCUT2D eigenvalue weighted by atomic mass is 32.2. The lowest BCUT2D eigenvalue weighted by Crippen LogP contribution is -2.30. The van der Waals surface area contributed by atoms with Gasteiger partial charge in [0.25, 0.3) is 11.8 Å². The molecule has 43 heavy (non-hydrogen) atoms. The van der Waals surface area contributed by atoms with Gasteiger partial charge in [-0.25, -0.2) is 4.39 Å². The van der Waals surface area contributed by atoms with Crippen molar-refractivity contribution in [2.24, 2.45) is 0 Å². The summed E-state index contributed by atoms with van der Waals surface area (Å²) in [5.41, 5.74) is 2.53. The van der Waals surface area contributed by atoms with E-state index in [9.17, 15) is 23.6 Å². The summed E-state index contributed by atoms with van der Waals surface area (Å²) in [4.78, 5) is 50.9. The summed E-state index contributed by atoms with van der Waals surface area (Å²) in [5, 5.41) is 10.5. The van der Waals surface area contributed by atoms with Crippen molar-refractivity contribution in [2.45, 2.75) is 24.0 Å². The van der Waals surface area contributed by atoms with E-state index in [-0.39, 0.29) is 17.5 Å². The molecule has 4 aromatic rings. The van der Waals surface area contributed by atoms with Gasteiger partial charge >= 0.3 is 0 Å². The second kappa shape index (κ2) is 14.6. The topological polar surface area (TPSA) is 116 Å². The normalized spacial score (nSPS) is 11.7. The summed E-state index contributed by atoms with van der Waals surface area (Å²) in [6, 6.07) is 27.8. The molecule has 0 aromatic heterocycles. The predicted octanol–water partition coefficient (Wildman–Crippen LogP) is 6.31. The molecule has 0 bridgehead atoms. The third-order valence-corrected chi connectivity index (χ3v) is 7.05. The number of carbonyl (C=O) groups excluding carboxylic acids is 4. The Balaban J connectivity index is 1.43. The SMILES string of the molecule is CC(=O)Nc1ccc(NC(=O)C(C)Sc2cccc(NC(=O)/C(=C/c3ccc(F)cc3)NC(=O)c3ccccc3)c2)cc1. The van der Waals surface area contributed by atoms with Crippen LogP contribution in [0.25, 0.3) is 6.08 Å². The summed E-state index contributed by atoms with van der Waals surface area (Å²) in [7, 11) is 0. The standard InChI is InChI=1S/C33H29FN4O4S/c1-21(31(40)36-27-17-15-26(16-18-27)35-22(2)39)43-29-10-6-9-28(20-29)37-33(42)30(19-23-11-13-25(34)14-12-23)38-32(41)24-7-4-3-5-8-24/h3-21H,1-2H3,(H,35,39)(H,36,40)(H,37,42)(H,38,41)/b30-19-. The molecule has 0 fully saturated rings. The van der Waals surface area contributed by atoms with Crippen molar-refractivity contribution < 1.29 is 23.6 Å². The third-order valence-electron chi connectivity index (χ3n) is 5.96. The van der Waals surface area contributed by atoms with Crippen LogP contribution in [0.2, 0.25) is 0 Å².